The van der Waals surface area contributed by atoms with Gasteiger partial charge in [0, 0.05) is 18.2 Å². The lowest BCUT2D eigenvalue weighted by Crippen LogP contribution is -2.28. The van der Waals surface area contributed by atoms with Crippen LogP contribution in [-0.2, 0) is 11.3 Å². The molecule has 3 N–H and O–H groups in total. The fraction of sp³-hybridized carbons (Fsp3) is 0.462. The third-order valence-corrected chi connectivity index (χ3v) is 3.14. The molecule has 0 radical (unpaired) electrons. The molecule has 1 amide bonds. The van der Waals surface area contributed by atoms with Gasteiger partial charge in [-0.15, -0.1) is 0 Å². The maximum absolute atomic E-state index is 11.8. The van der Waals surface area contributed by atoms with Crippen LogP contribution < -0.4 is 11.1 Å². The number of nitrogen functional groups attached to an aromatic ring is 1. The Hall–Kier alpha value is -1.51. The summed E-state index contributed by atoms with van der Waals surface area (Å²) < 4.78 is 0. The highest BCUT2D eigenvalue weighted by molar-refractivity contribution is 5.78. The fourth-order valence-corrected chi connectivity index (χ4v) is 2.22. The monoisotopic (exact) mass is 218 g/mol. The van der Waals surface area contributed by atoms with Crippen molar-refractivity contribution in [2.45, 2.75) is 32.2 Å². The van der Waals surface area contributed by atoms with Crippen LogP contribution in [-0.4, -0.2) is 5.91 Å². The largest absolute Gasteiger partial charge is 0.399 e. The van der Waals surface area contributed by atoms with E-state index < -0.39 is 0 Å². The maximum Gasteiger partial charge on any atom is 0.223 e. The summed E-state index contributed by atoms with van der Waals surface area (Å²) in [6.07, 6.45) is 4.47. The van der Waals surface area contributed by atoms with E-state index in [0.29, 0.717) is 6.54 Å². The molecule has 1 aliphatic rings. The zero-order valence-electron chi connectivity index (χ0n) is 9.41. The highest BCUT2D eigenvalue weighted by Gasteiger charge is 2.21. The van der Waals surface area contributed by atoms with Gasteiger partial charge in [-0.3, -0.25) is 4.79 Å². The second kappa shape index (κ2) is 5.01. The Morgan fingerprint density at radius 3 is 2.81 bits per heavy atom. The lowest BCUT2D eigenvalue weighted by atomic mass is 10.1. The Kier molecular flexibility index (Phi) is 3.44. The number of carbonyl (C=O) groups excluding carboxylic acids is 1. The van der Waals surface area contributed by atoms with E-state index in [1.54, 1.807) is 0 Å². The van der Waals surface area contributed by atoms with E-state index in [2.05, 4.69) is 5.32 Å². The van der Waals surface area contributed by atoms with Crippen LogP contribution in [0.5, 0.6) is 0 Å². The lowest BCUT2D eigenvalue weighted by molar-refractivity contribution is -0.124. The number of rotatable bonds is 3. The van der Waals surface area contributed by atoms with E-state index in [1.807, 2.05) is 24.3 Å². The Bertz CT molecular complexity index is 370. The molecule has 1 saturated carbocycles. The molecule has 0 saturated heterocycles. The van der Waals surface area contributed by atoms with Crippen molar-refractivity contribution in [2.75, 3.05) is 5.73 Å². The van der Waals surface area contributed by atoms with Crippen LogP contribution >= 0.6 is 0 Å². The highest BCUT2D eigenvalue weighted by Crippen LogP contribution is 2.24. The van der Waals surface area contributed by atoms with Crippen LogP contribution in [0, 0.1) is 5.92 Å². The molecule has 0 spiro atoms. The van der Waals surface area contributed by atoms with Crippen molar-refractivity contribution in [3.8, 4) is 0 Å². The molecular formula is C13H18N2O. The number of nitrogens with one attached hydrogen (secondary N) is 1. The first-order valence-corrected chi connectivity index (χ1v) is 5.88. The SMILES string of the molecule is Nc1cccc(CNC(=O)C2CCCC2)c1. The normalized spacial score (nSPS) is 16.2. The quantitative estimate of drug-likeness (QED) is 0.763. The van der Waals surface area contributed by atoms with Gasteiger partial charge in [0.05, 0.1) is 0 Å². The van der Waals surface area contributed by atoms with Crippen molar-refractivity contribution in [1.82, 2.24) is 5.32 Å². The topological polar surface area (TPSA) is 55.1 Å². The number of nitrogens with two attached hydrogens (primary N) is 1. The standard InChI is InChI=1S/C13H18N2O/c14-12-7-3-4-10(8-12)9-15-13(16)11-5-1-2-6-11/h3-4,7-8,11H,1-2,5-6,9,14H2,(H,15,16). The summed E-state index contributed by atoms with van der Waals surface area (Å²) in [7, 11) is 0. The molecule has 1 aliphatic carbocycles. The molecule has 1 aromatic rings. The molecule has 16 heavy (non-hydrogen) atoms. The van der Waals surface area contributed by atoms with Crippen LogP contribution in [0.15, 0.2) is 24.3 Å². The first kappa shape index (κ1) is 11.0. The minimum Gasteiger partial charge on any atom is -0.399 e. The van der Waals surface area contributed by atoms with E-state index in [0.717, 1.165) is 24.1 Å². The van der Waals surface area contributed by atoms with Crippen LogP contribution in [0.3, 0.4) is 0 Å². The summed E-state index contributed by atoms with van der Waals surface area (Å²) in [5.41, 5.74) is 7.48. The number of carbonyl (C=O) groups is 1. The average molecular weight is 218 g/mol. The first-order valence-electron chi connectivity index (χ1n) is 5.88. The van der Waals surface area contributed by atoms with Gasteiger partial charge >= 0.3 is 0 Å². The van der Waals surface area contributed by atoms with Crippen LogP contribution in [0.25, 0.3) is 0 Å². The van der Waals surface area contributed by atoms with Gasteiger partial charge in [0.1, 0.15) is 0 Å². The molecule has 3 nitrogen and oxygen atoms in total. The Balaban J connectivity index is 1.84. The van der Waals surface area contributed by atoms with Gasteiger partial charge in [0.2, 0.25) is 5.91 Å². The smallest absolute Gasteiger partial charge is 0.223 e. The predicted molar refractivity (Wildman–Crippen MR) is 64.7 cm³/mol. The van der Waals surface area contributed by atoms with Gasteiger partial charge in [0.15, 0.2) is 0 Å². The Labute approximate surface area is 96.0 Å². The average Bonchev–Trinajstić information content (AvgIpc) is 2.79. The second-order valence-corrected chi connectivity index (χ2v) is 4.44. The molecule has 0 aliphatic heterocycles. The molecule has 86 valence electrons. The molecule has 2 rings (SSSR count). The van der Waals surface area contributed by atoms with Gasteiger partial charge in [0.25, 0.3) is 0 Å². The van der Waals surface area contributed by atoms with Gasteiger partial charge in [-0.1, -0.05) is 25.0 Å². The number of benzene rings is 1. The Morgan fingerprint density at radius 2 is 2.12 bits per heavy atom. The summed E-state index contributed by atoms with van der Waals surface area (Å²) in [6.45, 7) is 0.584. The number of anilines is 1. The van der Waals surface area contributed by atoms with Crippen LogP contribution in [0.1, 0.15) is 31.2 Å². The molecule has 1 fully saturated rings. The van der Waals surface area contributed by atoms with Crippen molar-refractivity contribution >= 4 is 11.6 Å². The number of hydrogen-bond donors (Lipinski definition) is 2. The van der Waals surface area contributed by atoms with Crippen LogP contribution in [0.2, 0.25) is 0 Å². The van der Waals surface area contributed by atoms with Crippen LogP contribution in [0.4, 0.5) is 5.69 Å². The van der Waals surface area contributed by atoms with Gasteiger partial charge in [-0.25, -0.2) is 0 Å². The van der Waals surface area contributed by atoms with E-state index in [-0.39, 0.29) is 11.8 Å². The highest BCUT2D eigenvalue weighted by atomic mass is 16.1. The van der Waals surface area contributed by atoms with E-state index in [1.165, 1.54) is 12.8 Å². The lowest BCUT2D eigenvalue weighted by Gasteiger charge is -2.10. The molecule has 0 bridgehead atoms. The van der Waals surface area contributed by atoms with E-state index in [4.69, 9.17) is 5.73 Å². The van der Waals surface area contributed by atoms with Crippen molar-refractivity contribution in [1.29, 1.82) is 0 Å². The molecule has 0 aromatic heterocycles. The van der Waals surface area contributed by atoms with Gasteiger partial charge < -0.3 is 11.1 Å². The van der Waals surface area contributed by atoms with Gasteiger partial charge in [-0.05, 0) is 30.5 Å². The molecule has 1 aromatic carbocycles. The second-order valence-electron chi connectivity index (χ2n) is 4.44. The minimum absolute atomic E-state index is 0.194. The fourth-order valence-electron chi connectivity index (χ4n) is 2.22. The maximum atomic E-state index is 11.8. The zero-order valence-corrected chi connectivity index (χ0v) is 9.41. The molecule has 3 heteroatoms. The summed E-state index contributed by atoms with van der Waals surface area (Å²) in [4.78, 5) is 11.8. The zero-order chi connectivity index (χ0) is 11.4. The summed E-state index contributed by atoms with van der Waals surface area (Å²) >= 11 is 0. The predicted octanol–water partition coefficient (Wildman–Crippen LogP) is 2.08. The third kappa shape index (κ3) is 2.75. The molecule has 0 atom stereocenters. The van der Waals surface area contributed by atoms with E-state index >= 15 is 0 Å². The van der Waals surface area contributed by atoms with Crippen molar-refractivity contribution < 1.29 is 4.79 Å². The molecule has 0 heterocycles. The Morgan fingerprint density at radius 1 is 1.38 bits per heavy atom. The van der Waals surface area contributed by atoms with Crippen molar-refractivity contribution in [3.63, 3.8) is 0 Å². The van der Waals surface area contributed by atoms with Crippen molar-refractivity contribution in [3.05, 3.63) is 29.8 Å². The molecule has 0 unspecified atom stereocenters. The number of hydrogen-bond acceptors (Lipinski definition) is 2. The van der Waals surface area contributed by atoms with E-state index in [9.17, 15) is 4.79 Å². The summed E-state index contributed by atoms with van der Waals surface area (Å²) in [5, 5.41) is 2.97. The number of amides is 1. The van der Waals surface area contributed by atoms with Gasteiger partial charge in [-0.2, -0.15) is 0 Å². The summed E-state index contributed by atoms with van der Waals surface area (Å²) in [5.74, 6) is 0.431. The first-order chi connectivity index (χ1) is 7.75. The van der Waals surface area contributed by atoms with Crippen molar-refractivity contribution in [2.24, 2.45) is 5.92 Å². The minimum atomic E-state index is 0.194. The molecular weight excluding hydrogens is 200 g/mol. The summed E-state index contributed by atoms with van der Waals surface area (Å²) in [6, 6.07) is 7.63. The third-order valence-electron chi connectivity index (χ3n) is 3.14.